The highest BCUT2D eigenvalue weighted by molar-refractivity contribution is 7.99. The molecule has 0 bridgehead atoms. The third-order valence-electron chi connectivity index (χ3n) is 3.14. The molecule has 0 spiro atoms. The lowest BCUT2D eigenvalue weighted by Crippen LogP contribution is -1.90. The zero-order valence-electron chi connectivity index (χ0n) is 11.3. The zero-order valence-corrected chi connectivity index (χ0v) is 12.8. The van der Waals surface area contributed by atoms with Crippen molar-refractivity contribution in [3.8, 4) is 0 Å². The van der Waals surface area contributed by atoms with Crippen molar-refractivity contribution in [2.24, 2.45) is 0 Å². The molecule has 0 aliphatic carbocycles. The maximum absolute atomic E-state index is 9.53. The Morgan fingerprint density at radius 2 is 1.79 bits per heavy atom. The molecule has 0 radical (unpaired) electrons. The molecule has 0 fully saturated rings. The van der Waals surface area contributed by atoms with Gasteiger partial charge in [-0.3, -0.25) is 0 Å². The molecular formula is C16H17ClOS. The normalized spacial score (nSPS) is 12.5. The molecule has 0 aromatic heterocycles. The lowest BCUT2D eigenvalue weighted by molar-refractivity contribution is 0.199. The smallest absolute Gasteiger partial charge is 0.0762 e. The third-order valence-corrected chi connectivity index (χ3v) is 4.63. The minimum absolute atomic E-state index is 0.488. The highest BCUT2D eigenvalue weighted by atomic mass is 35.5. The molecular weight excluding hydrogens is 276 g/mol. The zero-order chi connectivity index (χ0) is 14.0. The molecule has 0 amide bonds. The Balaban J connectivity index is 2.25. The van der Waals surface area contributed by atoms with E-state index in [1.165, 1.54) is 16.0 Å². The van der Waals surface area contributed by atoms with Crippen LogP contribution >= 0.6 is 23.4 Å². The SMILES string of the molecule is Cc1ccc(Sc2ccc([C@H](C)O)cc2Cl)cc1C. The van der Waals surface area contributed by atoms with E-state index in [2.05, 4.69) is 32.0 Å². The summed E-state index contributed by atoms with van der Waals surface area (Å²) in [6, 6.07) is 12.1. The highest BCUT2D eigenvalue weighted by Gasteiger charge is 2.07. The van der Waals surface area contributed by atoms with E-state index in [1.54, 1.807) is 18.7 Å². The summed E-state index contributed by atoms with van der Waals surface area (Å²) in [4.78, 5) is 2.18. The van der Waals surface area contributed by atoms with Crippen LogP contribution in [-0.2, 0) is 0 Å². The summed E-state index contributed by atoms with van der Waals surface area (Å²) >= 11 is 7.91. The Morgan fingerprint density at radius 3 is 2.37 bits per heavy atom. The van der Waals surface area contributed by atoms with Crippen LogP contribution in [0.1, 0.15) is 29.7 Å². The Hall–Kier alpha value is -0.960. The van der Waals surface area contributed by atoms with Crippen molar-refractivity contribution >= 4 is 23.4 Å². The van der Waals surface area contributed by atoms with Crippen molar-refractivity contribution in [3.63, 3.8) is 0 Å². The Kier molecular flexibility index (Phi) is 4.56. The average Bonchev–Trinajstić information content (AvgIpc) is 2.36. The van der Waals surface area contributed by atoms with Crippen molar-refractivity contribution in [2.75, 3.05) is 0 Å². The van der Waals surface area contributed by atoms with Crippen molar-refractivity contribution in [1.29, 1.82) is 0 Å². The van der Waals surface area contributed by atoms with E-state index in [1.807, 2.05) is 18.2 Å². The summed E-state index contributed by atoms with van der Waals surface area (Å²) in [5, 5.41) is 10.2. The first-order valence-electron chi connectivity index (χ1n) is 6.20. The Bertz CT molecular complexity index is 593. The number of aliphatic hydroxyl groups excluding tert-OH is 1. The van der Waals surface area contributed by atoms with Gasteiger partial charge in [-0.1, -0.05) is 35.5 Å². The fraction of sp³-hybridized carbons (Fsp3) is 0.250. The molecule has 0 aliphatic rings. The number of benzene rings is 2. The Morgan fingerprint density at radius 1 is 1.05 bits per heavy atom. The maximum Gasteiger partial charge on any atom is 0.0762 e. The van der Waals surface area contributed by atoms with Gasteiger partial charge < -0.3 is 5.11 Å². The molecule has 0 aliphatic heterocycles. The van der Waals surface area contributed by atoms with E-state index in [9.17, 15) is 5.11 Å². The monoisotopic (exact) mass is 292 g/mol. The maximum atomic E-state index is 9.53. The van der Waals surface area contributed by atoms with Gasteiger partial charge in [0.1, 0.15) is 0 Å². The fourth-order valence-electron chi connectivity index (χ4n) is 1.76. The van der Waals surface area contributed by atoms with Gasteiger partial charge in [0.25, 0.3) is 0 Å². The first-order chi connectivity index (χ1) is 8.97. The standard InChI is InChI=1S/C16H17ClOS/c1-10-4-6-14(8-11(10)2)19-16-7-5-13(12(3)18)9-15(16)17/h4-9,12,18H,1-3H3/t12-/m0/s1. The molecule has 0 heterocycles. The van der Waals surface area contributed by atoms with Crippen LogP contribution in [0.3, 0.4) is 0 Å². The average molecular weight is 293 g/mol. The number of hydrogen-bond donors (Lipinski definition) is 1. The van der Waals surface area contributed by atoms with Gasteiger partial charge in [0.15, 0.2) is 0 Å². The van der Waals surface area contributed by atoms with Gasteiger partial charge in [0.05, 0.1) is 11.1 Å². The van der Waals surface area contributed by atoms with Crippen LogP contribution in [0.15, 0.2) is 46.2 Å². The van der Waals surface area contributed by atoms with Crippen LogP contribution in [0.2, 0.25) is 5.02 Å². The number of aliphatic hydroxyl groups is 1. The molecule has 3 heteroatoms. The summed E-state index contributed by atoms with van der Waals surface area (Å²) in [5.41, 5.74) is 3.41. The van der Waals surface area contributed by atoms with E-state index >= 15 is 0 Å². The Labute approximate surface area is 123 Å². The van der Waals surface area contributed by atoms with Gasteiger partial charge in [0, 0.05) is 9.79 Å². The predicted molar refractivity (Wildman–Crippen MR) is 82.1 cm³/mol. The van der Waals surface area contributed by atoms with Gasteiger partial charge in [-0.25, -0.2) is 0 Å². The predicted octanol–water partition coefficient (Wildman–Crippen LogP) is 5.16. The molecule has 19 heavy (non-hydrogen) atoms. The fourth-order valence-corrected chi connectivity index (χ4v) is 2.99. The summed E-state index contributed by atoms with van der Waals surface area (Å²) in [6.45, 7) is 5.95. The van der Waals surface area contributed by atoms with Gasteiger partial charge >= 0.3 is 0 Å². The molecule has 1 N–H and O–H groups in total. The second-order valence-electron chi connectivity index (χ2n) is 4.71. The number of aryl methyl sites for hydroxylation is 2. The lowest BCUT2D eigenvalue weighted by Gasteiger charge is -2.10. The van der Waals surface area contributed by atoms with Gasteiger partial charge in [-0.15, -0.1) is 0 Å². The largest absolute Gasteiger partial charge is 0.389 e. The quantitative estimate of drug-likeness (QED) is 0.843. The first-order valence-corrected chi connectivity index (χ1v) is 7.39. The molecule has 2 aromatic rings. The number of halogens is 1. The molecule has 2 aromatic carbocycles. The van der Waals surface area contributed by atoms with E-state index in [0.29, 0.717) is 5.02 Å². The van der Waals surface area contributed by atoms with Gasteiger partial charge in [0.2, 0.25) is 0 Å². The third kappa shape index (κ3) is 3.53. The minimum atomic E-state index is -0.488. The van der Waals surface area contributed by atoms with Gasteiger partial charge in [-0.05, 0) is 61.7 Å². The van der Waals surface area contributed by atoms with Crippen LogP contribution < -0.4 is 0 Å². The molecule has 0 unspecified atom stereocenters. The summed E-state index contributed by atoms with van der Waals surface area (Å²) < 4.78 is 0. The van der Waals surface area contributed by atoms with Crippen LogP contribution in [-0.4, -0.2) is 5.11 Å². The molecule has 1 atom stereocenters. The molecule has 1 nitrogen and oxygen atoms in total. The summed E-state index contributed by atoms with van der Waals surface area (Å²) in [6.07, 6.45) is -0.488. The van der Waals surface area contributed by atoms with Crippen molar-refractivity contribution in [1.82, 2.24) is 0 Å². The molecule has 2 rings (SSSR count). The van der Waals surface area contributed by atoms with Crippen molar-refractivity contribution in [3.05, 3.63) is 58.1 Å². The van der Waals surface area contributed by atoms with Crippen molar-refractivity contribution in [2.45, 2.75) is 36.7 Å². The second kappa shape index (κ2) is 6.00. The minimum Gasteiger partial charge on any atom is -0.389 e. The van der Waals surface area contributed by atoms with E-state index < -0.39 is 6.10 Å². The topological polar surface area (TPSA) is 20.2 Å². The van der Waals surface area contributed by atoms with E-state index in [-0.39, 0.29) is 0 Å². The number of rotatable bonds is 3. The first kappa shape index (κ1) is 14.4. The van der Waals surface area contributed by atoms with Crippen LogP contribution in [0.5, 0.6) is 0 Å². The summed E-state index contributed by atoms with van der Waals surface area (Å²) in [5.74, 6) is 0. The highest BCUT2D eigenvalue weighted by Crippen LogP contribution is 2.35. The van der Waals surface area contributed by atoms with Gasteiger partial charge in [-0.2, -0.15) is 0 Å². The number of hydrogen-bond acceptors (Lipinski definition) is 2. The van der Waals surface area contributed by atoms with E-state index in [4.69, 9.17) is 11.6 Å². The lowest BCUT2D eigenvalue weighted by atomic mass is 10.1. The van der Waals surface area contributed by atoms with Crippen LogP contribution in [0, 0.1) is 13.8 Å². The second-order valence-corrected chi connectivity index (χ2v) is 6.24. The van der Waals surface area contributed by atoms with Crippen LogP contribution in [0.4, 0.5) is 0 Å². The molecule has 100 valence electrons. The molecule has 0 saturated heterocycles. The molecule has 0 saturated carbocycles. The summed E-state index contributed by atoms with van der Waals surface area (Å²) in [7, 11) is 0. The van der Waals surface area contributed by atoms with Crippen molar-refractivity contribution < 1.29 is 5.11 Å². The van der Waals surface area contributed by atoms with E-state index in [0.717, 1.165) is 10.5 Å². The van der Waals surface area contributed by atoms with Crippen LogP contribution in [0.25, 0.3) is 0 Å².